The number of para-hydroxylation sites is 2. The van der Waals surface area contributed by atoms with Gasteiger partial charge in [0.25, 0.3) is 5.56 Å². The summed E-state index contributed by atoms with van der Waals surface area (Å²) >= 11 is 0. The quantitative estimate of drug-likeness (QED) is 0.454. The normalized spacial score (nSPS) is 11.0. The molecule has 0 saturated heterocycles. The second-order valence-electron chi connectivity index (χ2n) is 5.72. The van der Waals surface area contributed by atoms with Gasteiger partial charge in [0.2, 0.25) is 5.91 Å². The molecule has 27 heavy (non-hydrogen) atoms. The molecule has 0 bridgehead atoms. The number of carbonyl (C=O) groups is 2. The Labute approximate surface area is 153 Å². The summed E-state index contributed by atoms with van der Waals surface area (Å²) in [5.74, 6) is -1.49. The zero-order valence-corrected chi connectivity index (χ0v) is 14.2. The number of hydrogen-bond acceptors (Lipinski definition) is 5. The molecule has 1 amide bonds. The molecule has 1 aromatic heterocycles. The van der Waals surface area contributed by atoms with Crippen molar-refractivity contribution in [2.45, 2.75) is 12.8 Å². The van der Waals surface area contributed by atoms with Crippen LogP contribution in [0.5, 0.6) is 0 Å². The highest BCUT2D eigenvalue weighted by Crippen LogP contribution is 2.07. The number of aromatic amines is 1. The minimum Gasteiger partial charge on any atom is -0.478 e. The lowest BCUT2D eigenvalue weighted by Gasteiger charge is -2.03. The van der Waals surface area contributed by atoms with Crippen molar-refractivity contribution in [3.8, 4) is 0 Å². The van der Waals surface area contributed by atoms with E-state index >= 15 is 0 Å². The molecular weight excluding hydrogens is 348 g/mol. The minimum absolute atomic E-state index is 0.0202. The van der Waals surface area contributed by atoms with Gasteiger partial charge in [0, 0.05) is 18.4 Å². The fourth-order valence-electron chi connectivity index (χ4n) is 2.50. The van der Waals surface area contributed by atoms with Gasteiger partial charge in [0.1, 0.15) is 5.69 Å². The van der Waals surface area contributed by atoms with Crippen molar-refractivity contribution in [3.05, 3.63) is 75.7 Å². The highest BCUT2D eigenvalue weighted by atomic mass is 16.4. The summed E-state index contributed by atoms with van der Waals surface area (Å²) in [4.78, 5) is 42.1. The van der Waals surface area contributed by atoms with Crippen LogP contribution in [0.15, 0.2) is 58.4 Å². The average Bonchev–Trinajstić information content (AvgIpc) is 2.66. The maximum Gasteiger partial charge on any atom is 0.336 e. The van der Waals surface area contributed by atoms with E-state index in [-0.39, 0.29) is 29.7 Å². The third kappa shape index (κ3) is 4.43. The van der Waals surface area contributed by atoms with Crippen LogP contribution in [0, 0.1) is 0 Å². The largest absolute Gasteiger partial charge is 0.478 e. The summed E-state index contributed by atoms with van der Waals surface area (Å²) in [6.45, 7) is 0. The van der Waals surface area contributed by atoms with Crippen LogP contribution in [-0.4, -0.2) is 33.2 Å². The molecule has 3 aromatic rings. The summed E-state index contributed by atoms with van der Waals surface area (Å²) < 4.78 is 0. The zero-order valence-electron chi connectivity index (χ0n) is 14.2. The first-order valence-electron chi connectivity index (χ1n) is 8.17. The van der Waals surface area contributed by atoms with Gasteiger partial charge in [0.05, 0.1) is 22.8 Å². The topological polar surface area (TPSA) is 125 Å². The fraction of sp³-hybridized carbons (Fsp3) is 0.105. The van der Waals surface area contributed by atoms with Gasteiger partial charge >= 0.3 is 5.97 Å². The molecule has 3 N–H and O–H groups in total. The number of carboxylic acids is 1. The second kappa shape index (κ2) is 8.05. The lowest BCUT2D eigenvalue weighted by molar-refractivity contribution is -0.121. The van der Waals surface area contributed by atoms with Crippen LogP contribution in [0.2, 0.25) is 0 Å². The van der Waals surface area contributed by atoms with Crippen molar-refractivity contribution in [3.63, 3.8) is 0 Å². The van der Waals surface area contributed by atoms with Crippen molar-refractivity contribution < 1.29 is 14.7 Å². The van der Waals surface area contributed by atoms with E-state index in [0.717, 1.165) is 0 Å². The monoisotopic (exact) mass is 364 g/mol. The van der Waals surface area contributed by atoms with Crippen molar-refractivity contribution >= 4 is 29.1 Å². The molecule has 8 nitrogen and oxygen atoms in total. The average molecular weight is 364 g/mol. The van der Waals surface area contributed by atoms with Crippen LogP contribution in [-0.2, 0) is 11.2 Å². The number of carbonyl (C=O) groups excluding carboxylic acids is 1. The van der Waals surface area contributed by atoms with Gasteiger partial charge in [-0.25, -0.2) is 15.2 Å². The Morgan fingerprint density at radius 3 is 2.70 bits per heavy atom. The number of H-pyrrole nitrogens is 1. The Kier molecular flexibility index (Phi) is 5.36. The summed E-state index contributed by atoms with van der Waals surface area (Å²) in [7, 11) is 0. The van der Waals surface area contributed by atoms with Gasteiger partial charge in [-0.2, -0.15) is 5.10 Å². The Hall–Kier alpha value is -3.81. The summed E-state index contributed by atoms with van der Waals surface area (Å²) in [5.41, 5.74) is 4.00. The lowest BCUT2D eigenvalue weighted by atomic mass is 10.1. The van der Waals surface area contributed by atoms with Crippen molar-refractivity contribution in [2.24, 2.45) is 5.10 Å². The number of aromatic nitrogens is 2. The molecule has 3 rings (SSSR count). The molecule has 136 valence electrons. The van der Waals surface area contributed by atoms with Gasteiger partial charge in [-0.15, -0.1) is 0 Å². The number of aryl methyl sites for hydroxylation is 1. The standard InChI is InChI=1S/C19H16N4O4/c24-17(23-20-11-12-5-1-2-6-13(12)19(26)27)10-9-16-18(25)22-15-8-4-3-7-14(15)21-16/h1-8,11H,9-10H2,(H,22,25)(H,23,24)(H,26,27)/b20-11-. The van der Waals surface area contributed by atoms with Crippen LogP contribution < -0.4 is 11.0 Å². The number of benzene rings is 2. The lowest BCUT2D eigenvalue weighted by Crippen LogP contribution is -2.21. The van der Waals surface area contributed by atoms with Crippen LogP contribution >= 0.6 is 0 Å². The van der Waals surface area contributed by atoms with E-state index in [4.69, 9.17) is 5.11 Å². The van der Waals surface area contributed by atoms with Gasteiger partial charge in [-0.05, 0) is 18.2 Å². The van der Waals surface area contributed by atoms with Crippen molar-refractivity contribution in [1.29, 1.82) is 0 Å². The van der Waals surface area contributed by atoms with Crippen LogP contribution in [0.1, 0.15) is 28.0 Å². The van der Waals surface area contributed by atoms with E-state index in [9.17, 15) is 14.4 Å². The first-order chi connectivity index (χ1) is 13.0. The molecule has 0 fully saturated rings. The van der Waals surface area contributed by atoms with E-state index in [1.807, 2.05) is 6.07 Å². The third-order valence-corrected chi connectivity index (χ3v) is 3.84. The second-order valence-corrected chi connectivity index (χ2v) is 5.72. The minimum atomic E-state index is -1.08. The molecular formula is C19H16N4O4. The number of nitrogens with one attached hydrogen (secondary N) is 2. The highest BCUT2D eigenvalue weighted by Gasteiger charge is 2.09. The Morgan fingerprint density at radius 2 is 1.89 bits per heavy atom. The van der Waals surface area contributed by atoms with Crippen LogP contribution in [0.25, 0.3) is 11.0 Å². The van der Waals surface area contributed by atoms with Gasteiger partial charge in [0.15, 0.2) is 0 Å². The molecule has 0 radical (unpaired) electrons. The van der Waals surface area contributed by atoms with Gasteiger partial charge in [-0.3, -0.25) is 9.59 Å². The maximum atomic E-state index is 12.0. The molecule has 8 heteroatoms. The number of fused-ring (bicyclic) bond motifs is 1. The van der Waals surface area contributed by atoms with Crippen LogP contribution in [0.4, 0.5) is 0 Å². The van der Waals surface area contributed by atoms with E-state index in [1.165, 1.54) is 12.3 Å². The molecule has 1 heterocycles. The highest BCUT2D eigenvalue weighted by molar-refractivity contribution is 5.98. The molecule has 0 aliphatic carbocycles. The number of rotatable bonds is 6. The summed E-state index contributed by atoms with van der Waals surface area (Å²) in [5, 5.41) is 12.9. The predicted molar refractivity (Wildman–Crippen MR) is 99.8 cm³/mol. The molecule has 2 aromatic carbocycles. The number of hydrazone groups is 1. The van der Waals surface area contributed by atoms with Crippen molar-refractivity contribution in [1.82, 2.24) is 15.4 Å². The Balaban J connectivity index is 1.61. The van der Waals surface area contributed by atoms with Crippen LogP contribution in [0.3, 0.4) is 0 Å². The fourth-order valence-corrected chi connectivity index (χ4v) is 2.50. The van der Waals surface area contributed by atoms with Gasteiger partial charge in [-0.1, -0.05) is 30.3 Å². The van der Waals surface area contributed by atoms with Crippen molar-refractivity contribution in [2.75, 3.05) is 0 Å². The van der Waals surface area contributed by atoms with E-state index in [2.05, 4.69) is 20.5 Å². The number of aromatic carboxylic acids is 1. The first kappa shape index (κ1) is 18.0. The zero-order chi connectivity index (χ0) is 19.2. The predicted octanol–water partition coefficient (Wildman–Crippen LogP) is 1.70. The smallest absolute Gasteiger partial charge is 0.336 e. The Morgan fingerprint density at radius 1 is 1.15 bits per heavy atom. The first-order valence-corrected chi connectivity index (χ1v) is 8.17. The molecule has 0 saturated carbocycles. The number of carboxylic acid groups (broad SMARTS) is 1. The summed E-state index contributed by atoms with van der Waals surface area (Å²) in [6, 6.07) is 13.5. The third-order valence-electron chi connectivity index (χ3n) is 3.84. The number of hydrogen-bond donors (Lipinski definition) is 3. The summed E-state index contributed by atoms with van der Waals surface area (Å²) in [6.07, 6.45) is 1.45. The molecule has 0 aliphatic rings. The Bertz CT molecular complexity index is 1090. The molecule has 0 spiro atoms. The SMILES string of the molecule is O=C(CCc1nc2ccccc2[nH]c1=O)N/N=C\c1ccccc1C(=O)O. The van der Waals surface area contributed by atoms with Gasteiger partial charge < -0.3 is 10.1 Å². The molecule has 0 aliphatic heterocycles. The van der Waals surface area contributed by atoms with E-state index in [0.29, 0.717) is 16.6 Å². The van der Waals surface area contributed by atoms with E-state index in [1.54, 1.807) is 36.4 Å². The number of nitrogens with zero attached hydrogens (tertiary/aromatic N) is 2. The maximum absolute atomic E-state index is 12.0. The van der Waals surface area contributed by atoms with E-state index < -0.39 is 11.9 Å². The molecule has 0 atom stereocenters. The number of amides is 1. The molecule has 0 unspecified atom stereocenters.